The second-order valence-corrected chi connectivity index (χ2v) is 9.13. The molecule has 2 aromatic rings. The van der Waals surface area contributed by atoms with Crippen LogP contribution in [-0.4, -0.2) is 38.5 Å². The van der Waals surface area contributed by atoms with Crippen LogP contribution in [0.4, 0.5) is 0 Å². The first-order chi connectivity index (χ1) is 18.6. The van der Waals surface area contributed by atoms with E-state index in [1.165, 1.54) is 43.5 Å². The summed E-state index contributed by atoms with van der Waals surface area (Å²) in [6.45, 7) is 4.27. The first-order valence-corrected chi connectivity index (χ1v) is 13.7. The lowest BCUT2D eigenvalue weighted by Gasteiger charge is -2.04. The Morgan fingerprint density at radius 2 is 1.07 bits per heavy atom. The number of hydrogen-bond donors (Lipinski definition) is 3. The fourth-order valence-corrected chi connectivity index (χ4v) is 3.41. The minimum Gasteiger partial charge on any atom is -0.507 e. The zero-order valence-corrected chi connectivity index (χ0v) is 23.6. The van der Waals surface area contributed by atoms with Crippen molar-refractivity contribution in [2.45, 2.75) is 106 Å². The average Bonchev–Trinajstić information content (AvgIpc) is 2.89. The van der Waals surface area contributed by atoms with E-state index in [0.29, 0.717) is 6.42 Å². The zero-order chi connectivity index (χ0) is 29.5. The Morgan fingerprint density at radius 1 is 0.659 bits per heavy atom. The molecule has 0 bridgehead atoms. The third-order valence-electron chi connectivity index (χ3n) is 5.42. The monoisotopic (exact) mass is 596 g/mol. The molecule has 2 aromatic carbocycles. The molecule has 8 nitrogen and oxygen atoms in total. The predicted molar refractivity (Wildman–Crippen MR) is 165 cm³/mol. The molecule has 0 aliphatic rings. The van der Waals surface area contributed by atoms with E-state index in [1.54, 1.807) is 24.3 Å². The number of halogens is 1. The van der Waals surface area contributed by atoms with Crippen LogP contribution in [0.2, 0.25) is 0 Å². The Labute approximate surface area is 250 Å². The lowest BCUT2D eigenvalue weighted by atomic mass is 10.1. The van der Waals surface area contributed by atoms with Gasteiger partial charge in [0, 0.05) is 12.8 Å². The van der Waals surface area contributed by atoms with E-state index in [4.69, 9.17) is 21.8 Å². The number of phenols is 2. The molecule has 0 aromatic heterocycles. The fourth-order valence-electron chi connectivity index (χ4n) is 3.25. The molecule has 0 aliphatic carbocycles. The van der Waals surface area contributed by atoms with Gasteiger partial charge in [-0.3, -0.25) is 14.4 Å². The zero-order valence-electron chi connectivity index (χ0n) is 22.9. The molecule has 232 valence electrons. The number of benzene rings is 2. The van der Waals surface area contributed by atoms with Gasteiger partial charge in [-0.05, 0) is 48.7 Å². The number of unbranched alkanes of at least 4 members (excludes halogenated alkanes) is 8. The summed E-state index contributed by atoms with van der Waals surface area (Å²) < 4.78 is 4.69. The van der Waals surface area contributed by atoms with E-state index in [-0.39, 0.29) is 43.9 Å². The SMILES string of the molecule is C.C.CCCCCCCC(=O)O.CCCCCCCC(=O)OC(=O)c1ccccc1O.O=C(Cl)c1ccccc1O. The van der Waals surface area contributed by atoms with Crippen molar-refractivity contribution in [2.75, 3.05) is 0 Å². The van der Waals surface area contributed by atoms with E-state index < -0.39 is 23.2 Å². The molecule has 3 N–H and O–H groups in total. The van der Waals surface area contributed by atoms with Crippen LogP contribution in [0.3, 0.4) is 0 Å². The summed E-state index contributed by atoms with van der Waals surface area (Å²) >= 11 is 5.11. The van der Waals surface area contributed by atoms with Gasteiger partial charge in [-0.1, -0.05) is 104 Å². The number of para-hydroxylation sites is 2. The van der Waals surface area contributed by atoms with Gasteiger partial charge in [-0.15, -0.1) is 0 Å². The fraction of sp³-hybridized carbons (Fsp3) is 0.500. The van der Waals surface area contributed by atoms with Crippen molar-refractivity contribution in [3.8, 4) is 11.5 Å². The van der Waals surface area contributed by atoms with Gasteiger partial charge in [0.05, 0.1) is 5.56 Å². The van der Waals surface area contributed by atoms with E-state index in [9.17, 15) is 24.3 Å². The molecule has 2 rings (SSSR count). The first kappa shape index (κ1) is 42.1. The van der Waals surface area contributed by atoms with Gasteiger partial charge in [0.15, 0.2) is 0 Å². The Kier molecular flexibility index (Phi) is 27.5. The van der Waals surface area contributed by atoms with Crippen LogP contribution in [0.1, 0.15) is 126 Å². The molecule has 0 heterocycles. The molecule has 0 saturated carbocycles. The number of rotatable bonds is 14. The Hall–Kier alpha value is -3.39. The normalized spacial score (nSPS) is 9.34. The van der Waals surface area contributed by atoms with Crippen LogP contribution in [0.25, 0.3) is 0 Å². The molecule has 0 aliphatic heterocycles. The number of carboxylic acids is 1. The largest absolute Gasteiger partial charge is 0.507 e. The number of carbonyl (C=O) groups is 4. The molecule has 0 fully saturated rings. The lowest BCUT2D eigenvalue weighted by Crippen LogP contribution is -2.12. The number of hydrogen-bond acceptors (Lipinski definition) is 7. The third kappa shape index (κ3) is 22.0. The molecular weight excluding hydrogens is 548 g/mol. The van der Waals surface area contributed by atoms with Crippen LogP contribution >= 0.6 is 11.6 Å². The third-order valence-corrected chi connectivity index (χ3v) is 5.63. The van der Waals surface area contributed by atoms with Gasteiger partial charge < -0.3 is 20.1 Å². The second kappa shape index (κ2) is 26.8. The average molecular weight is 597 g/mol. The van der Waals surface area contributed by atoms with Gasteiger partial charge in [0.25, 0.3) is 5.24 Å². The molecule has 0 spiro atoms. The van der Waals surface area contributed by atoms with Gasteiger partial charge in [0.1, 0.15) is 17.1 Å². The Bertz CT molecular complexity index is 1010. The highest BCUT2D eigenvalue weighted by Crippen LogP contribution is 2.18. The van der Waals surface area contributed by atoms with E-state index in [2.05, 4.69) is 18.6 Å². The molecule has 0 amide bonds. The predicted octanol–water partition coefficient (Wildman–Crippen LogP) is 8.91. The summed E-state index contributed by atoms with van der Waals surface area (Å²) in [5.41, 5.74) is 0.158. The van der Waals surface area contributed by atoms with Crippen LogP contribution in [-0.2, 0) is 14.3 Å². The number of aliphatic carboxylic acids is 1. The van der Waals surface area contributed by atoms with Crippen molar-refractivity contribution in [1.82, 2.24) is 0 Å². The van der Waals surface area contributed by atoms with Gasteiger partial charge in [-0.2, -0.15) is 0 Å². The first-order valence-electron chi connectivity index (χ1n) is 13.4. The Morgan fingerprint density at radius 3 is 1.46 bits per heavy atom. The highest BCUT2D eigenvalue weighted by Gasteiger charge is 2.15. The van der Waals surface area contributed by atoms with Crippen molar-refractivity contribution in [3.63, 3.8) is 0 Å². The smallest absolute Gasteiger partial charge is 0.349 e. The van der Waals surface area contributed by atoms with Crippen molar-refractivity contribution in [3.05, 3.63) is 59.7 Å². The van der Waals surface area contributed by atoms with Crippen molar-refractivity contribution >= 4 is 34.8 Å². The number of esters is 2. The van der Waals surface area contributed by atoms with Crippen LogP contribution in [0.5, 0.6) is 11.5 Å². The summed E-state index contributed by atoms with van der Waals surface area (Å²) in [5.74, 6) is -2.26. The van der Waals surface area contributed by atoms with E-state index >= 15 is 0 Å². The minimum atomic E-state index is -0.795. The topological polar surface area (TPSA) is 138 Å². The Balaban J connectivity index is -0.000000561. The summed E-state index contributed by atoms with van der Waals surface area (Å²) in [4.78, 5) is 43.6. The number of aromatic hydroxyl groups is 2. The van der Waals surface area contributed by atoms with Crippen molar-refractivity contribution < 1.29 is 39.2 Å². The molecule has 41 heavy (non-hydrogen) atoms. The van der Waals surface area contributed by atoms with E-state index in [0.717, 1.165) is 44.9 Å². The summed E-state index contributed by atoms with van der Waals surface area (Å²) in [6.07, 6.45) is 11.2. The summed E-state index contributed by atoms with van der Waals surface area (Å²) in [5, 5.41) is 26.1. The summed E-state index contributed by atoms with van der Waals surface area (Å²) in [6, 6.07) is 12.1. The van der Waals surface area contributed by atoms with Gasteiger partial charge >= 0.3 is 17.9 Å². The molecule has 0 atom stereocenters. The maximum atomic E-state index is 11.6. The molecule has 0 unspecified atom stereocenters. The second-order valence-electron chi connectivity index (χ2n) is 8.79. The van der Waals surface area contributed by atoms with E-state index in [1.807, 2.05) is 0 Å². The van der Waals surface area contributed by atoms with Crippen molar-refractivity contribution in [1.29, 1.82) is 0 Å². The van der Waals surface area contributed by atoms with Crippen LogP contribution < -0.4 is 0 Å². The van der Waals surface area contributed by atoms with Gasteiger partial charge in [-0.25, -0.2) is 4.79 Å². The maximum absolute atomic E-state index is 11.6. The minimum absolute atomic E-state index is 0. The van der Waals surface area contributed by atoms with Crippen LogP contribution in [0.15, 0.2) is 48.5 Å². The standard InChI is InChI=1S/C15H20O4.C8H16O2.C7H5ClO2.2CH4/c1-2-3-4-5-6-11-14(17)19-15(18)12-9-7-8-10-13(12)16;1-2-3-4-5-6-7-8(9)10;8-7(10)5-3-1-2-4-6(5)9;;/h7-10,16H,2-6,11H2,1H3;2-7H2,1H3,(H,9,10);1-4,9H;2*1H4. The molecule has 9 heteroatoms. The molecule has 0 saturated heterocycles. The maximum Gasteiger partial charge on any atom is 0.349 e. The number of phenolic OH excluding ortho intramolecular Hbond substituents is 2. The number of carboxylic acid groups (broad SMARTS) is 1. The summed E-state index contributed by atoms with van der Waals surface area (Å²) in [7, 11) is 0. The highest BCUT2D eigenvalue weighted by molar-refractivity contribution is 6.68. The van der Waals surface area contributed by atoms with Crippen LogP contribution in [0, 0.1) is 0 Å². The highest BCUT2D eigenvalue weighted by atomic mass is 35.5. The molecular formula is C32H49ClO8. The quantitative estimate of drug-likeness (QED) is 0.0850. The lowest BCUT2D eigenvalue weighted by molar-refractivity contribution is -0.138. The molecule has 0 radical (unpaired) electrons. The number of ether oxygens (including phenoxy) is 1. The van der Waals surface area contributed by atoms with Crippen molar-refractivity contribution in [2.24, 2.45) is 0 Å². The number of carbonyl (C=O) groups excluding carboxylic acids is 3. The van der Waals surface area contributed by atoms with Gasteiger partial charge in [0.2, 0.25) is 0 Å².